The molecule has 3 atom stereocenters. The van der Waals surface area contributed by atoms with E-state index in [9.17, 15) is 0 Å². The highest BCUT2D eigenvalue weighted by Crippen LogP contribution is 2.42. The molecule has 3 aliphatic rings. The lowest BCUT2D eigenvalue weighted by molar-refractivity contribution is 0.212. The molecule has 0 saturated carbocycles. The summed E-state index contributed by atoms with van der Waals surface area (Å²) in [6, 6.07) is 1.57. The highest BCUT2D eigenvalue weighted by Gasteiger charge is 2.44. The minimum atomic E-state index is 0.336. The van der Waals surface area contributed by atoms with Gasteiger partial charge in [-0.25, -0.2) is 9.97 Å². The van der Waals surface area contributed by atoms with E-state index in [-0.39, 0.29) is 0 Å². The van der Waals surface area contributed by atoms with Gasteiger partial charge in [-0.15, -0.1) is 0 Å². The Labute approximate surface area is 132 Å². The molecule has 0 spiro atoms. The first-order valence-electron chi connectivity index (χ1n) is 8.62. The molecular weight excluding hydrogens is 276 g/mol. The molecular formula is C17H26N4O. The number of nitrogens with one attached hydrogen (secondary N) is 1. The number of ether oxygens (including phenoxy) is 1. The van der Waals surface area contributed by atoms with Gasteiger partial charge in [-0.2, -0.15) is 0 Å². The van der Waals surface area contributed by atoms with Gasteiger partial charge in [0.2, 0.25) is 0 Å². The summed E-state index contributed by atoms with van der Waals surface area (Å²) in [5.41, 5.74) is 1.07. The van der Waals surface area contributed by atoms with E-state index in [1.165, 1.54) is 12.8 Å². The third-order valence-corrected chi connectivity index (χ3v) is 5.18. The maximum absolute atomic E-state index is 6.16. The molecule has 0 aliphatic carbocycles. The van der Waals surface area contributed by atoms with Crippen molar-refractivity contribution in [2.45, 2.75) is 70.5 Å². The fraction of sp³-hybridized carbons (Fsp3) is 0.765. The maximum atomic E-state index is 6.16. The Bertz CT molecular complexity index is 586. The first kappa shape index (κ1) is 14.2. The first-order valence-corrected chi connectivity index (χ1v) is 8.62. The molecule has 3 unspecified atom stereocenters. The van der Waals surface area contributed by atoms with E-state index in [1.807, 2.05) is 0 Å². The van der Waals surface area contributed by atoms with Crippen LogP contribution in [-0.2, 0) is 0 Å². The second-order valence-electron chi connectivity index (χ2n) is 7.51. The lowest BCUT2D eigenvalue weighted by Crippen LogP contribution is -2.62. The van der Waals surface area contributed by atoms with Crippen molar-refractivity contribution in [2.75, 3.05) is 18.1 Å². The summed E-state index contributed by atoms with van der Waals surface area (Å²) in [7, 11) is 0. The Balaban J connectivity index is 1.82. The van der Waals surface area contributed by atoms with Gasteiger partial charge in [0.05, 0.1) is 11.7 Å². The van der Waals surface area contributed by atoms with E-state index in [4.69, 9.17) is 14.7 Å². The lowest BCUT2D eigenvalue weighted by atomic mass is 10.0. The summed E-state index contributed by atoms with van der Waals surface area (Å²) in [6.07, 6.45) is 2.52. The Morgan fingerprint density at radius 1 is 1.14 bits per heavy atom. The fourth-order valence-electron chi connectivity index (χ4n) is 3.96. The molecule has 5 nitrogen and oxygen atoms in total. The molecule has 3 aliphatic heterocycles. The van der Waals surface area contributed by atoms with Crippen LogP contribution in [0.3, 0.4) is 0 Å². The Morgan fingerprint density at radius 3 is 2.68 bits per heavy atom. The topological polar surface area (TPSA) is 50.3 Å². The van der Waals surface area contributed by atoms with Crippen LogP contribution in [0.2, 0.25) is 0 Å². The molecule has 4 heterocycles. The zero-order valence-corrected chi connectivity index (χ0v) is 14.0. The predicted octanol–water partition coefficient (Wildman–Crippen LogP) is 2.42. The van der Waals surface area contributed by atoms with Crippen LogP contribution in [0.25, 0.3) is 0 Å². The van der Waals surface area contributed by atoms with Crippen LogP contribution in [0.4, 0.5) is 5.82 Å². The van der Waals surface area contributed by atoms with Gasteiger partial charge in [0.25, 0.3) is 0 Å². The minimum absolute atomic E-state index is 0.336. The fourth-order valence-corrected chi connectivity index (χ4v) is 3.96. The predicted molar refractivity (Wildman–Crippen MR) is 86.8 cm³/mol. The second-order valence-corrected chi connectivity index (χ2v) is 7.51. The summed E-state index contributed by atoms with van der Waals surface area (Å²) < 4.78 is 6.16. The van der Waals surface area contributed by atoms with E-state index in [0.717, 1.165) is 36.2 Å². The van der Waals surface area contributed by atoms with E-state index < -0.39 is 0 Å². The normalized spacial score (nSPS) is 29.5. The minimum Gasteiger partial charge on any atom is -0.486 e. The van der Waals surface area contributed by atoms with Crippen molar-refractivity contribution in [3.05, 3.63) is 11.5 Å². The van der Waals surface area contributed by atoms with Crippen molar-refractivity contribution in [1.82, 2.24) is 15.3 Å². The van der Waals surface area contributed by atoms with E-state index in [0.29, 0.717) is 30.0 Å². The van der Waals surface area contributed by atoms with Crippen LogP contribution in [-0.4, -0.2) is 41.2 Å². The van der Waals surface area contributed by atoms with Gasteiger partial charge < -0.3 is 15.0 Å². The standard InChI is InChI=1S/C17H26N4O/c1-9(2)14-15-17(20-16(19-14)10(3)4)21-7-11-5-6-12(18-11)13(21)8-22-15/h9-13,18H,5-8H2,1-4H3. The average Bonchev–Trinajstić information content (AvgIpc) is 2.88. The van der Waals surface area contributed by atoms with Gasteiger partial charge in [-0.1, -0.05) is 27.7 Å². The zero-order chi connectivity index (χ0) is 15.4. The maximum Gasteiger partial charge on any atom is 0.183 e. The molecule has 2 saturated heterocycles. The van der Waals surface area contributed by atoms with E-state index in [1.54, 1.807) is 0 Å². The molecule has 2 fully saturated rings. The van der Waals surface area contributed by atoms with Crippen LogP contribution in [0.1, 0.15) is 63.9 Å². The Kier molecular flexibility index (Phi) is 3.29. The molecule has 1 aromatic rings. The van der Waals surface area contributed by atoms with Crippen molar-refractivity contribution >= 4 is 5.82 Å². The number of nitrogens with zero attached hydrogens (tertiary/aromatic N) is 3. The van der Waals surface area contributed by atoms with Gasteiger partial charge in [0.1, 0.15) is 12.4 Å². The third kappa shape index (κ3) is 2.09. The summed E-state index contributed by atoms with van der Waals surface area (Å²) in [5, 5.41) is 3.73. The average molecular weight is 302 g/mol. The highest BCUT2D eigenvalue weighted by atomic mass is 16.5. The number of anilines is 1. The van der Waals surface area contributed by atoms with Gasteiger partial charge in [0, 0.05) is 24.5 Å². The molecule has 4 rings (SSSR count). The van der Waals surface area contributed by atoms with Crippen LogP contribution in [0.15, 0.2) is 0 Å². The van der Waals surface area contributed by atoms with Gasteiger partial charge >= 0.3 is 0 Å². The zero-order valence-electron chi connectivity index (χ0n) is 14.0. The van der Waals surface area contributed by atoms with Gasteiger partial charge in [-0.05, 0) is 18.8 Å². The molecule has 0 radical (unpaired) electrons. The summed E-state index contributed by atoms with van der Waals surface area (Å²) in [4.78, 5) is 12.2. The molecule has 5 heteroatoms. The molecule has 1 N–H and O–H groups in total. The van der Waals surface area contributed by atoms with Gasteiger partial charge in [-0.3, -0.25) is 0 Å². The van der Waals surface area contributed by atoms with Crippen LogP contribution in [0, 0.1) is 0 Å². The smallest absolute Gasteiger partial charge is 0.183 e. The Hall–Kier alpha value is -1.36. The molecule has 22 heavy (non-hydrogen) atoms. The van der Waals surface area contributed by atoms with Crippen molar-refractivity contribution in [1.29, 1.82) is 0 Å². The number of aromatic nitrogens is 2. The first-order chi connectivity index (χ1) is 10.5. The molecule has 0 aromatic carbocycles. The lowest BCUT2D eigenvalue weighted by Gasteiger charge is -2.45. The van der Waals surface area contributed by atoms with Crippen molar-refractivity contribution in [3.63, 3.8) is 0 Å². The number of piperazine rings is 1. The largest absolute Gasteiger partial charge is 0.486 e. The quantitative estimate of drug-likeness (QED) is 0.909. The molecule has 0 amide bonds. The van der Waals surface area contributed by atoms with E-state index in [2.05, 4.69) is 37.9 Å². The molecule has 2 bridgehead atoms. The monoisotopic (exact) mass is 302 g/mol. The highest BCUT2D eigenvalue weighted by molar-refractivity contribution is 5.59. The van der Waals surface area contributed by atoms with Crippen LogP contribution < -0.4 is 15.0 Å². The van der Waals surface area contributed by atoms with Crippen molar-refractivity contribution in [3.8, 4) is 5.75 Å². The number of hydrogen-bond donors (Lipinski definition) is 1. The molecule has 120 valence electrons. The number of hydrogen-bond acceptors (Lipinski definition) is 5. The van der Waals surface area contributed by atoms with Crippen molar-refractivity contribution in [2.24, 2.45) is 0 Å². The van der Waals surface area contributed by atoms with Gasteiger partial charge in [0.15, 0.2) is 11.6 Å². The SMILES string of the molecule is CC(C)c1nc(C(C)C)c2c(n1)N1CC3CCC(N3)C1CO2. The number of fused-ring (bicyclic) bond motifs is 6. The second kappa shape index (κ2) is 5.08. The molecule has 1 aromatic heterocycles. The summed E-state index contributed by atoms with van der Waals surface area (Å²) in [6.45, 7) is 10.5. The summed E-state index contributed by atoms with van der Waals surface area (Å²) in [5.74, 6) is 3.60. The van der Waals surface area contributed by atoms with Crippen LogP contribution in [0.5, 0.6) is 5.75 Å². The van der Waals surface area contributed by atoms with Crippen molar-refractivity contribution < 1.29 is 4.74 Å². The Morgan fingerprint density at radius 2 is 1.95 bits per heavy atom. The number of rotatable bonds is 2. The third-order valence-electron chi connectivity index (χ3n) is 5.18. The van der Waals surface area contributed by atoms with E-state index >= 15 is 0 Å². The van der Waals surface area contributed by atoms with Crippen LogP contribution >= 0.6 is 0 Å². The summed E-state index contributed by atoms with van der Waals surface area (Å²) >= 11 is 0.